The van der Waals surface area contributed by atoms with Crippen molar-refractivity contribution in [3.05, 3.63) is 70.7 Å². The molecule has 0 spiro atoms. The molecule has 26 heavy (non-hydrogen) atoms. The lowest BCUT2D eigenvalue weighted by Crippen LogP contribution is -2.33. The number of rotatable bonds is 4. The van der Waals surface area contributed by atoms with Crippen LogP contribution in [0.5, 0.6) is 5.75 Å². The highest BCUT2D eigenvalue weighted by Crippen LogP contribution is 2.48. The van der Waals surface area contributed by atoms with Crippen LogP contribution >= 0.6 is 0 Å². The van der Waals surface area contributed by atoms with Gasteiger partial charge in [0.25, 0.3) is 0 Å². The molecule has 0 aromatic heterocycles. The van der Waals surface area contributed by atoms with Gasteiger partial charge in [-0.05, 0) is 41.5 Å². The van der Waals surface area contributed by atoms with Crippen LogP contribution in [0.15, 0.2) is 53.7 Å². The van der Waals surface area contributed by atoms with Crippen molar-refractivity contribution in [3.8, 4) is 5.75 Å². The Balaban J connectivity index is 1.97. The van der Waals surface area contributed by atoms with Crippen molar-refractivity contribution in [3.63, 3.8) is 0 Å². The topological polar surface area (TPSA) is 59.0 Å². The maximum absolute atomic E-state index is 13.9. The maximum atomic E-state index is 13.9. The first kappa shape index (κ1) is 16.6. The summed E-state index contributed by atoms with van der Waals surface area (Å²) in [5, 5.41) is 9.49. The molecule has 2 aromatic rings. The van der Waals surface area contributed by atoms with Crippen LogP contribution in [0.1, 0.15) is 17.0 Å². The molecule has 2 heterocycles. The van der Waals surface area contributed by atoms with E-state index in [9.17, 15) is 14.3 Å². The molecular weight excluding hydrogens is 337 g/mol. The van der Waals surface area contributed by atoms with Crippen molar-refractivity contribution in [1.82, 2.24) is 0 Å². The number of esters is 1. The van der Waals surface area contributed by atoms with Gasteiger partial charge in [0.1, 0.15) is 18.2 Å². The first-order valence-electron chi connectivity index (χ1n) is 8.36. The molecule has 6 heteroatoms. The number of β-amino-alcohol motifs (C(OH)–C–C–N with tert-alkyl or cyclic N) is 1. The molecule has 2 aliphatic heterocycles. The minimum Gasteiger partial charge on any atom is -0.497 e. The number of benzene rings is 2. The molecule has 2 aliphatic rings. The molecule has 0 aliphatic carbocycles. The van der Waals surface area contributed by atoms with Gasteiger partial charge < -0.3 is 19.5 Å². The molecule has 0 radical (unpaired) electrons. The number of anilines is 1. The Morgan fingerprint density at radius 1 is 1.31 bits per heavy atom. The van der Waals surface area contributed by atoms with E-state index in [2.05, 4.69) is 0 Å². The number of ether oxygens (including phenoxy) is 2. The molecule has 2 aromatic carbocycles. The number of hydrogen-bond donors (Lipinski definition) is 1. The number of halogens is 1. The van der Waals surface area contributed by atoms with Crippen molar-refractivity contribution < 1.29 is 23.8 Å². The lowest BCUT2D eigenvalue weighted by atomic mass is 9.80. The van der Waals surface area contributed by atoms with Crippen LogP contribution in [-0.4, -0.2) is 37.9 Å². The van der Waals surface area contributed by atoms with Gasteiger partial charge in [-0.1, -0.05) is 12.1 Å². The molecule has 4 rings (SSSR count). The molecule has 0 amide bonds. The van der Waals surface area contributed by atoms with Crippen LogP contribution in [0.3, 0.4) is 0 Å². The minimum atomic E-state index is -0.448. The predicted octanol–water partition coefficient (Wildman–Crippen LogP) is 2.59. The Labute approximate surface area is 150 Å². The molecule has 1 unspecified atom stereocenters. The smallest absolute Gasteiger partial charge is 0.337 e. The highest BCUT2D eigenvalue weighted by molar-refractivity contribution is 5.97. The molecule has 0 saturated carbocycles. The van der Waals surface area contributed by atoms with E-state index in [1.165, 1.54) is 12.1 Å². The van der Waals surface area contributed by atoms with Gasteiger partial charge >= 0.3 is 5.97 Å². The number of methoxy groups -OCH3 is 1. The fourth-order valence-corrected chi connectivity index (χ4v) is 3.74. The van der Waals surface area contributed by atoms with E-state index in [1.54, 1.807) is 19.2 Å². The summed E-state index contributed by atoms with van der Waals surface area (Å²) in [6.45, 7) is 0.414. The second-order valence-corrected chi connectivity index (χ2v) is 6.22. The summed E-state index contributed by atoms with van der Waals surface area (Å²) in [6.07, 6.45) is 0. The fourth-order valence-electron chi connectivity index (χ4n) is 3.74. The number of nitrogens with zero attached hydrogens (tertiary/aromatic N) is 1. The van der Waals surface area contributed by atoms with Gasteiger partial charge in [0.05, 0.1) is 25.0 Å². The van der Waals surface area contributed by atoms with E-state index in [1.807, 2.05) is 23.1 Å². The molecule has 1 N–H and O–H groups in total. The van der Waals surface area contributed by atoms with E-state index in [-0.39, 0.29) is 19.0 Å². The SMILES string of the molecule is COc1ccc2c(c1)C(c1cccc(F)c1)C1=C(COC1=O)N2CCO. The summed E-state index contributed by atoms with van der Waals surface area (Å²) in [6, 6.07) is 11.8. The Morgan fingerprint density at radius 3 is 2.88 bits per heavy atom. The third kappa shape index (κ3) is 2.54. The second kappa shape index (κ2) is 6.46. The van der Waals surface area contributed by atoms with Crippen LogP contribution in [0.2, 0.25) is 0 Å². The van der Waals surface area contributed by atoms with Crippen molar-refractivity contribution in [2.75, 3.05) is 31.8 Å². The second-order valence-electron chi connectivity index (χ2n) is 6.22. The summed E-state index contributed by atoms with van der Waals surface area (Å²) in [5.74, 6) is -0.579. The number of aliphatic hydroxyl groups is 1. The third-order valence-electron chi connectivity index (χ3n) is 4.83. The fraction of sp³-hybridized carbons (Fsp3) is 0.250. The number of fused-ring (bicyclic) bond motifs is 1. The highest BCUT2D eigenvalue weighted by Gasteiger charge is 2.41. The van der Waals surface area contributed by atoms with E-state index in [0.29, 0.717) is 23.4 Å². The average molecular weight is 355 g/mol. The largest absolute Gasteiger partial charge is 0.497 e. The highest BCUT2D eigenvalue weighted by atomic mass is 19.1. The van der Waals surface area contributed by atoms with Gasteiger partial charge in [-0.2, -0.15) is 0 Å². The zero-order valence-corrected chi connectivity index (χ0v) is 14.2. The molecule has 0 fully saturated rings. The molecular formula is C20H18FNO4. The molecule has 134 valence electrons. The molecule has 0 bridgehead atoms. The Bertz CT molecular complexity index is 908. The molecule has 1 atom stereocenters. The molecule has 5 nitrogen and oxygen atoms in total. The van der Waals surface area contributed by atoms with Gasteiger partial charge in [0.2, 0.25) is 0 Å². The average Bonchev–Trinajstić information content (AvgIpc) is 3.03. The number of carbonyl (C=O) groups is 1. The van der Waals surface area contributed by atoms with Crippen LogP contribution in [-0.2, 0) is 9.53 Å². The monoisotopic (exact) mass is 355 g/mol. The standard InChI is InChI=1S/C20H18FNO4/c1-25-14-5-6-16-15(10-14)18(12-3-2-4-13(21)9-12)19-17(11-26-20(19)24)22(16)7-8-23/h2-6,9-10,18,23H,7-8,11H2,1H3. The van der Waals surface area contributed by atoms with Crippen LogP contribution in [0.25, 0.3) is 0 Å². The Morgan fingerprint density at radius 2 is 2.15 bits per heavy atom. The lowest BCUT2D eigenvalue weighted by Gasteiger charge is -2.35. The third-order valence-corrected chi connectivity index (χ3v) is 4.83. The van der Waals surface area contributed by atoms with Gasteiger partial charge in [-0.3, -0.25) is 0 Å². The van der Waals surface area contributed by atoms with Gasteiger partial charge in [0, 0.05) is 18.2 Å². The molecule has 0 saturated heterocycles. The quantitative estimate of drug-likeness (QED) is 0.855. The van der Waals surface area contributed by atoms with Crippen LogP contribution in [0.4, 0.5) is 10.1 Å². The predicted molar refractivity (Wildman–Crippen MR) is 93.7 cm³/mol. The maximum Gasteiger partial charge on any atom is 0.337 e. The van der Waals surface area contributed by atoms with Crippen molar-refractivity contribution in [2.45, 2.75) is 5.92 Å². The van der Waals surface area contributed by atoms with Crippen LogP contribution < -0.4 is 9.64 Å². The van der Waals surface area contributed by atoms with Crippen molar-refractivity contribution >= 4 is 11.7 Å². The summed E-state index contributed by atoms with van der Waals surface area (Å²) in [5.41, 5.74) is 3.56. The normalized spacial score (nSPS) is 18.5. The van der Waals surface area contributed by atoms with Gasteiger partial charge in [-0.25, -0.2) is 9.18 Å². The Hall–Kier alpha value is -2.86. The summed E-state index contributed by atoms with van der Waals surface area (Å²) < 4.78 is 24.5. The van der Waals surface area contributed by atoms with E-state index in [0.717, 1.165) is 16.9 Å². The minimum absolute atomic E-state index is 0.0684. The number of carbonyl (C=O) groups excluding carboxylic acids is 1. The summed E-state index contributed by atoms with van der Waals surface area (Å²) in [7, 11) is 1.57. The first-order valence-corrected chi connectivity index (χ1v) is 8.36. The number of cyclic esters (lactones) is 1. The first-order chi connectivity index (χ1) is 12.6. The van der Waals surface area contributed by atoms with Crippen molar-refractivity contribution in [1.29, 1.82) is 0 Å². The number of hydrogen-bond acceptors (Lipinski definition) is 5. The van der Waals surface area contributed by atoms with Gasteiger partial charge in [-0.15, -0.1) is 0 Å². The zero-order valence-electron chi connectivity index (χ0n) is 14.2. The van der Waals surface area contributed by atoms with E-state index >= 15 is 0 Å². The van der Waals surface area contributed by atoms with E-state index in [4.69, 9.17) is 9.47 Å². The summed E-state index contributed by atoms with van der Waals surface area (Å²) in [4.78, 5) is 14.4. The van der Waals surface area contributed by atoms with E-state index < -0.39 is 11.9 Å². The Kier molecular flexibility index (Phi) is 4.12. The number of aliphatic hydroxyl groups excluding tert-OH is 1. The lowest BCUT2D eigenvalue weighted by molar-refractivity contribution is -0.136. The zero-order chi connectivity index (χ0) is 18.3. The van der Waals surface area contributed by atoms with Gasteiger partial charge in [0.15, 0.2) is 0 Å². The summed E-state index contributed by atoms with van der Waals surface area (Å²) >= 11 is 0. The van der Waals surface area contributed by atoms with Crippen LogP contribution in [0, 0.1) is 5.82 Å². The van der Waals surface area contributed by atoms with Crippen molar-refractivity contribution in [2.24, 2.45) is 0 Å².